The molecular formula is C17H17N3. The summed E-state index contributed by atoms with van der Waals surface area (Å²) < 4.78 is 0. The number of aliphatic imine (C=N–C) groups is 2. The van der Waals surface area contributed by atoms with Gasteiger partial charge >= 0.3 is 0 Å². The van der Waals surface area contributed by atoms with Gasteiger partial charge in [0.2, 0.25) is 0 Å². The van der Waals surface area contributed by atoms with Crippen LogP contribution in [-0.4, -0.2) is 18.8 Å². The van der Waals surface area contributed by atoms with E-state index < -0.39 is 0 Å². The molecule has 0 fully saturated rings. The van der Waals surface area contributed by atoms with Gasteiger partial charge in [0.05, 0.1) is 0 Å². The molecule has 1 aliphatic heterocycles. The summed E-state index contributed by atoms with van der Waals surface area (Å²) in [6.07, 6.45) is 1.64. The van der Waals surface area contributed by atoms with Crippen molar-refractivity contribution in [1.29, 1.82) is 0 Å². The fourth-order valence-electron chi connectivity index (χ4n) is 2.21. The topological polar surface area (TPSA) is 28.0 Å². The molecule has 3 rings (SSSR count). The van der Waals surface area contributed by atoms with Crippen molar-refractivity contribution in [2.75, 3.05) is 11.6 Å². The predicted octanol–water partition coefficient (Wildman–Crippen LogP) is 3.56. The molecule has 20 heavy (non-hydrogen) atoms. The van der Waals surface area contributed by atoms with Gasteiger partial charge in [0, 0.05) is 11.3 Å². The number of amidine groups is 1. The Bertz CT molecular complexity index is 652. The highest BCUT2D eigenvalue weighted by Crippen LogP contribution is 2.20. The molecule has 0 radical (unpaired) electrons. The summed E-state index contributed by atoms with van der Waals surface area (Å²) in [5.74, 6) is 0.948. The van der Waals surface area contributed by atoms with Gasteiger partial charge in [0.15, 0.2) is 0 Å². The first-order valence-corrected chi connectivity index (χ1v) is 6.71. The summed E-state index contributed by atoms with van der Waals surface area (Å²) in [7, 11) is 0. The molecule has 3 nitrogen and oxygen atoms in total. The van der Waals surface area contributed by atoms with Crippen molar-refractivity contribution >= 4 is 17.9 Å². The van der Waals surface area contributed by atoms with Crippen LogP contribution in [0.4, 0.5) is 5.69 Å². The lowest BCUT2D eigenvalue weighted by molar-refractivity contribution is 0.994. The predicted molar refractivity (Wildman–Crippen MR) is 84.7 cm³/mol. The molecule has 2 aromatic carbocycles. The Hall–Kier alpha value is -2.42. The highest BCUT2D eigenvalue weighted by atomic mass is 15.3. The smallest absolute Gasteiger partial charge is 0.143 e. The zero-order valence-electron chi connectivity index (χ0n) is 11.7. The van der Waals surface area contributed by atoms with E-state index in [1.54, 1.807) is 6.34 Å². The summed E-state index contributed by atoms with van der Waals surface area (Å²) in [5, 5.41) is 0. The maximum atomic E-state index is 4.46. The van der Waals surface area contributed by atoms with E-state index >= 15 is 0 Å². The van der Waals surface area contributed by atoms with Gasteiger partial charge in [-0.2, -0.15) is 0 Å². The van der Waals surface area contributed by atoms with Gasteiger partial charge in [0.25, 0.3) is 0 Å². The third kappa shape index (κ3) is 2.48. The molecule has 0 N–H and O–H groups in total. The number of hydrogen-bond donors (Lipinski definition) is 0. The van der Waals surface area contributed by atoms with Crippen molar-refractivity contribution in [2.45, 2.75) is 13.8 Å². The number of benzene rings is 2. The largest absolute Gasteiger partial charge is 0.306 e. The van der Waals surface area contributed by atoms with Gasteiger partial charge in [-0.1, -0.05) is 47.5 Å². The molecule has 0 aromatic heterocycles. The summed E-state index contributed by atoms with van der Waals surface area (Å²) in [5.41, 5.74) is 4.73. The SMILES string of the molecule is Cc1ccc(C2=NC=NCN2c2ccc(C)cc2)cc1. The second kappa shape index (κ2) is 5.29. The van der Waals surface area contributed by atoms with Crippen molar-refractivity contribution in [3.8, 4) is 0 Å². The van der Waals surface area contributed by atoms with Crippen LogP contribution >= 0.6 is 0 Å². The van der Waals surface area contributed by atoms with Crippen LogP contribution in [0.1, 0.15) is 16.7 Å². The maximum absolute atomic E-state index is 4.46. The van der Waals surface area contributed by atoms with E-state index in [2.05, 4.69) is 77.3 Å². The molecule has 0 saturated carbocycles. The van der Waals surface area contributed by atoms with E-state index in [1.165, 1.54) is 11.1 Å². The second-order valence-corrected chi connectivity index (χ2v) is 5.02. The number of nitrogens with zero attached hydrogens (tertiary/aromatic N) is 3. The first kappa shape index (κ1) is 12.6. The number of hydrogen-bond acceptors (Lipinski definition) is 3. The van der Waals surface area contributed by atoms with Gasteiger partial charge in [-0.3, -0.25) is 4.99 Å². The maximum Gasteiger partial charge on any atom is 0.143 e. The van der Waals surface area contributed by atoms with E-state index in [9.17, 15) is 0 Å². The highest BCUT2D eigenvalue weighted by Gasteiger charge is 2.16. The van der Waals surface area contributed by atoms with Crippen LogP contribution in [0.3, 0.4) is 0 Å². The molecule has 0 aliphatic carbocycles. The molecule has 3 heteroatoms. The molecule has 0 atom stereocenters. The van der Waals surface area contributed by atoms with Gasteiger partial charge in [0.1, 0.15) is 18.8 Å². The lowest BCUT2D eigenvalue weighted by Gasteiger charge is -2.26. The van der Waals surface area contributed by atoms with Crippen LogP contribution in [0.2, 0.25) is 0 Å². The van der Waals surface area contributed by atoms with E-state index in [0.717, 1.165) is 17.1 Å². The van der Waals surface area contributed by atoms with Crippen LogP contribution < -0.4 is 4.90 Å². The summed E-state index contributed by atoms with van der Waals surface area (Å²) in [4.78, 5) is 10.9. The molecule has 1 heterocycles. The zero-order valence-corrected chi connectivity index (χ0v) is 11.7. The second-order valence-electron chi connectivity index (χ2n) is 5.02. The lowest BCUT2D eigenvalue weighted by atomic mass is 10.1. The van der Waals surface area contributed by atoms with Crippen molar-refractivity contribution in [1.82, 2.24) is 0 Å². The van der Waals surface area contributed by atoms with E-state index in [0.29, 0.717) is 6.67 Å². The fraction of sp³-hybridized carbons (Fsp3) is 0.176. The Morgan fingerprint density at radius 2 is 1.45 bits per heavy atom. The van der Waals surface area contributed by atoms with E-state index in [1.807, 2.05) is 0 Å². The minimum atomic E-state index is 0.607. The van der Waals surface area contributed by atoms with Crippen LogP contribution in [0.25, 0.3) is 0 Å². The number of aryl methyl sites for hydroxylation is 2. The Balaban J connectivity index is 1.98. The van der Waals surface area contributed by atoms with Crippen molar-refractivity contribution in [2.24, 2.45) is 9.98 Å². The minimum Gasteiger partial charge on any atom is -0.306 e. The van der Waals surface area contributed by atoms with Crippen molar-refractivity contribution in [3.63, 3.8) is 0 Å². The molecular weight excluding hydrogens is 246 g/mol. The summed E-state index contributed by atoms with van der Waals surface area (Å²) >= 11 is 0. The van der Waals surface area contributed by atoms with Crippen molar-refractivity contribution in [3.05, 3.63) is 65.2 Å². The first-order chi connectivity index (χ1) is 9.74. The van der Waals surface area contributed by atoms with Crippen molar-refractivity contribution < 1.29 is 0 Å². The van der Waals surface area contributed by atoms with Gasteiger partial charge in [-0.05, 0) is 26.0 Å². The van der Waals surface area contributed by atoms with Crippen LogP contribution in [0.15, 0.2) is 58.5 Å². The molecule has 2 aromatic rings. The molecule has 0 unspecified atom stereocenters. The Morgan fingerprint density at radius 1 is 0.850 bits per heavy atom. The molecule has 0 saturated heterocycles. The Kier molecular flexibility index (Phi) is 3.33. The minimum absolute atomic E-state index is 0.607. The van der Waals surface area contributed by atoms with Crippen LogP contribution in [0.5, 0.6) is 0 Å². The van der Waals surface area contributed by atoms with Crippen LogP contribution in [0, 0.1) is 13.8 Å². The van der Waals surface area contributed by atoms with E-state index in [-0.39, 0.29) is 0 Å². The summed E-state index contributed by atoms with van der Waals surface area (Å²) in [6.45, 7) is 4.79. The van der Waals surface area contributed by atoms with Gasteiger partial charge in [-0.15, -0.1) is 0 Å². The highest BCUT2D eigenvalue weighted by molar-refractivity contribution is 6.13. The molecule has 100 valence electrons. The molecule has 1 aliphatic rings. The monoisotopic (exact) mass is 263 g/mol. The zero-order chi connectivity index (χ0) is 13.9. The molecule has 0 bridgehead atoms. The standard InChI is InChI=1S/C17H17N3/c1-13-3-7-15(8-4-13)17-19-11-18-12-20(17)16-9-5-14(2)6-10-16/h3-11H,12H2,1-2H3. The quantitative estimate of drug-likeness (QED) is 0.814. The molecule has 0 spiro atoms. The third-order valence-corrected chi connectivity index (χ3v) is 3.40. The number of anilines is 1. The van der Waals surface area contributed by atoms with Gasteiger partial charge in [-0.25, -0.2) is 4.99 Å². The van der Waals surface area contributed by atoms with Crippen LogP contribution in [-0.2, 0) is 0 Å². The Morgan fingerprint density at radius 3 is 2.10 bits per heavy atom. The Labute approximate surface area is 119 Å². The summed E-state index contributed by atoms with van der Waals surface area (Å²) in [6, 6.07) is 16.9. The third-order valence-electron chi connectivity index (χ3n) is 3.40. The first-order valence-electron chi connectivity index (χ1n) is 6.71. The molecule has 0 amide bonds. The number of rotatable bonds is 2. The fourth-order valence-corrected chi connectivity index (χ4v) is 2.21. The van der Waals surface area contributed by atoms with Gasteiger partial charge < -0.3 is 4.90 Å². The average molecular weight is 263 g/mol. The van der Waals surface area contributed by atoms with E-state index in [4.69, 9.17) is 0 Å². The average Bonchev–Trinajstić information content (AvgIpc) is 2.49. The lowest BCUT2D eigenvalue weighted by Crippen LogP contribution is -2.34. The normalized spacial score (nSPS) is 14.3.